The van der Waals surface area contributed by atoms with Gasteiger partial charge in [-0.2, -0.15) is 8.42 Å². The molecule has 9 heteroatoms. The Morgan fingerprint density at radius 3 is 2.44 bits per heavy atom. The number of fused-ring (bicyclic) bond motifs is 1. The van der Waals surface area contributed by atoms with Gasteiger partial charge in [-0.05, 0) is 31.2 Å². The van der Waals surface area contributed by atoms with E-state index >= 15 is 0 Å². The lowest BCUT2D eigenvalue weighted by atomic mass is 10.1. The molecular weight excluding hydrogens is 430 g/mol. The molecule has 0 unspecified atom stereocenters. The second kappa shape index (κ2) is 9.40. The summed E-state index contributed by atoms with van der Waals surface area (Å²) in [7, 11) is -2.04. The lowest BCUT2D eigenvalue weighted by Gasteiger charge is -2.37. The zero-order valence-corrected chi connectivity index (χ0v) is 19.0. The van der Waals surface area contributed by atoms with Crippen molar-refractivity contribution in [2.45, 2.75) is 17.9 Å². The van der Waals surface area contributed by atoms with Gasteiger partial charge >= 0.3 is 5.97 Å². The number of hydrogen-bond acceptors (Lipinski definition) is 7. The van der Waals surface area contributed by atoms with Gasteiger partial charge in [0.15, 0.2) is 5.84 Å². The molecule has 8 nitrogen and oxygen atoms in total. The van der Waals surface area contributed by atoms with Crippen molar-refractivity contribution in [3.8, 4) is 0 Å². The zero-order chi connectivity index (χ0) is 22.7. The Labute approximate surface area is 188 Å². The fraction of sp³-hybridized carbons (Fsp3) is 0.391. The highest BCUT2D eigenvalue weighted by molar-refractivity contribution is 7.90. The van der Waals surface area contributed by atoms with E-state index in [4.69, 9.17) is 9.47 Å². The number of aryl methyl sites for hydroxylation is 1. The van der Waals surface area contributed by atoms with Crippen LogP contribution in [0.5, 0.6) is 0 Å². The number of rotatable bonds is 6. The molecule has 0 saturated carbocycles. The van der Waals surface area contributed by atoms with E-state index in [9.17, 15) is 13.2 Å². The van der Waals surface area contributed by atoms with Gasteiger partial charge in [0.05, 0.1) is 12.2 Å². The normalized spacial score (nSPS) is 18.7. The molecule has 4 rings (SSSR count). The van der Waals surface area contributed by atoms with Crippen molar-refractivity contribution < 1.29 is 22.7 Å². The number of carbonyl (C=O) groups excluding carboxylic acids is 1. The molecule has 1 saturated heterocycles. The lowest BCUT2D eigenvalue weighted by molar-refractivity contribution is -0.00971. The largest absolute Gasteiger partial charge is 0.455 e. The van der Waals surface area contributed by atoms with E-state index in [-0.39, 0.29) is 10.9 Å². The first-order valence-electron chi connectivity index (χ1n) is 10.6. The standard InChI is InChI=1S/C23H27N3O5S/c1-17-7-9-18(10-8-17)23(27)31-19(16-30-2)15-25-11-13-26(14-12-25)22-20-5-3-4-6-21(20)32(28,29)24-22/h3-10,19H,11-16H2,1-2H3/t19-/m1/s1. The SMILES string of the molecule is COC[C@@H](CN1CCN(C2=NS(=O)(=O)c3ccccc32)CC1)OC(=O)c1ccc(C)cc1. The van der Waals surface area contributed by atoms with E-state index in [1.54, 1.807) is 37.4 Å². The van der Waals surface area contributed by atoms with Crippen LogP contribution in [0.3, 0.4) is 0 Å². The van der Waals surface area contributed by atoms with Crippen molar-refractivity contribution in [2.75, 3.05) is 46.4 Å². The van der Waals surface area contributed by atoms with Crippen molar-refractivity contribution in [2.24, 2.45) is 4.40 Å². The molecule has 2 heterocycles. The number of methoxy groups -OCH3 is 1. The van der Waals surface area contributed by atoms with Gasteiger partial charge in [0, 0.05) is 45.4 Å². The number of piperazine rings is 1. The van der Waals surface area contributed by atoms with Gasteiger partial charge in [-0.25, -0.2) is 4.79 Å². The first-order chi connectivity index (χ1) is 15.4. The fourth-order valence-electron chi connectivity index (χ4n) is 3.97. The first-order valence-corrected chi connectivity index (χ1v) is 12.0. The number of esters is 1. The molecule has 1 fully saturated rings. The Kier molecular flexibility index (Phi) is 6.59. The molecule has 2 aliphatic rings. The Hall–Kier alpha value is -2.75. The van der Waals surface area contributed by atoms with E-state index < -0.39 is 16.1 Å². The van der Waals surface area contributed by atoms with Crippen LogP contribution in [0.25, 0.3) is 0 Å². The van der Waals surface area contributed by atoms with Gasteiger partial charge in [0.1, 0.15) is 11.0 Å². The number of carbonyl (C=O) groups is 1. The maximum atomic E-state index is 12.5. The van der Waals surface area contributed by atoms with Crippen molar-refractivity contribution in [1.29, 1.82) is 0 Å². The summed E-state index contributed by atoms with van der Waals surface area (Å²) >= 11 is 0. The van der Waals surface area contributed by atoms with Crippen LogP contribution in [0.1, 0.15) is 21.5 Å². The van der Waals surface area contributed by atoms with Gasteiger partial charge in [-0.15, -0.1) is 4.40 Å². The highest BCUT2D eigenvalue weighted by Crippen LogP contribution is 2.27. The molecule has 0 amide bonds. The summed E-state index contributed by atoms with van der Waals surface area (Å²) in [5.41, 5.74) is 2.25. The maximum Gasteiger partial charge on any atom is 0.338 e. The van der Waals surface area contributed by atoms with Crippen molar-refractivity contribution in [1.82, 2.24) is 9.80 Å². The van der Waals surface area contributed by atoms with E-state index in [2.05, 4.69) is 9.30 Å². The van der Waals surface area contributed by atoms with Crippen LogP contribution in [0.15, 0.2) is 57.8 Å². The number of benzene rings is 2. The predicted molar refractivity (Wildman–Crippen MR) is 120 cm³/mol. The van der Waals surface area contributed by atoms with Gasteiger partial charge in [0.25, 0.3) is 10.0 Å². The third-order valence-electron chi connectivity index (χ3n) is 5.66. The lowest BCUT2D eigenvalue weighted by Crippen LogP contribution is -2.51. The smallest absolute Gasteiger partial charge is 0.338 e. The second-order valence-corrected chi connectivity index (χ2v) is 9.59. The molecule has 0 aromatic heterocycles. The van der Waals surface area contributed by atoms with Crippen molar-refractivity contribution in [3.05, 3.63) is 65.2 Å². The highest BCUT2D eigenvalue weighted by atomic mass is 32.2. The average Bonchev–Trinajstić information content (AvgIpc) is 3.06. The Balaban J connectivity index is 1.36. The molecule has 2 aromatic carbocycles. The monoisotopic (exact) mass is 457 g/mol. The maximum absolute atomic E-state index is 12.5. The van der Waals surface area contributed by atoms with E-state index in [0.29, 0.717) is 56.3 Å². The molecular formula is C23H27N3O5S. The third-order valence-corrected chi connectivity index (χ3v) is 6.98. The highest BCUT2D eigenvalue weighted by Gasteiger charge is 2.33. The summed E-state index contributed by atoms with van der Waals surface area (Å²) in [6, 6.07) is 14.2. The molecule has 0 spiro atoms. The number of sulfonamides is 1. The van der Waals surface area contributed by atoms with Gasteiger partial charge in [0.2, 0.25) is 0 Å². The van der Waals surface area contributed by atoms with E-state index in [1.807, 2.05) is 30.0 Å². The summed E-state index contributed by atoms with van der Waals surface area (Å²) in [4.78, 5) is 17.0. The predicted octanol–water partition coefficient (Wildman–Crippen LogP) is 1.93. The molecule has 170 valence electrons. The van der Waals surface area contributed by atoms with Crippen LogP contribution >= 0.6 is 0 Å². The molecule has 0 aliphatic carbocycles. The Bertz CT molecular complexity index is 1110. The fourth-order valence-corrected chi connectivity index (χ4v) is 5.19. The van der Waals surface area contributed by atoms with Gasteiger partial charge in [-0.3, -0.25) is 4.90 Å². The Morgan fingerprint density at radius 1 is 1.06 bits per heavy atom. The van der Waals surface area contributed by atoms with E-state index in [1.165, 1.54) is 0 Å². The van der Waals surface area contributed by atoms with Crippen LogP contribution in [-0.2, 0) is 19.5 Å². The van der Waals surface area contributed by atoms with Crippen LogP contribution in [-0.4, -0.2) is 82.6 Å². The number of amidine groups is 1. The third kappa shape index (κ3) is 4.85. The zero-order valence-electron chi connectivity index (χ0n) is 18.2. The minimum Gasteiger partial charge on any atom is -0.455 e. The van der Waals surface area contributed by atoms with Crippen LogP contribution in [0, 0.1) is 6.92 Å². The van der Waals surface area contributed by atoms with Crippen molar-refractivity contribution >= 4 is 21.8 Å². The van der Waals surface area contributed by atoms with Crippen LogP contribution in [0.2, 0.25) is 0 Å². The number of hydrogen-bond donors (Lipinski definition) is 0. The van der Waals surface area contributed by atoms with Gasteiger partial charge < -0.3 is 14.4 Å². The summed E-state index contributed by atoms with van der Waals surface area (Å²) in [6.07, 6.45) is -0.398. The number of ether oxygens (including phenoxy) is 2. The molecule has 0 N–H and O–H groups in total. The number of nitrogens with zero attached hydrogens (tertiary/aromatic N) is 3. The summed E-state index contributed by atoms with van der Waals surface area (Å²) in [5.74, 6) is 0.146. The van der Waals surface area contributed by atoms with Crippen LogP contribution < -0.4 is 0 Å². The average molecular weight is 458 g/mol. The Morgan fingerprint density at radius 2 is 1.75 bits per heavy atom. The quantitative estimate of drug-likeness (QED) is 0.613. The minimum atomic E-state index is -3.63. The first kappa shape index (κ1) is 22.4. The molecule has 0 bridgehead atoms. The molecule has 0 radical (unpaired) electrons. The van der Waals surface area contributed by atoms with Gasteiger partial charge in [-0.1, -0.05) is 29.8 Å². The second-order valence-electron chi connectivity index (χ2n) is 8.02. The van der Waals surface area contributed by atoms with Crippen molar-refractivity contribution in [3.63, 3.8) is 0 Å². The topological polar surface area (TPSA) is 88.5 Å². The summed E-state index contributed by atoms with van der Waals surface area (Å²) in [5, 5.41) is 0. The van der Waals surface area contributed by atoms with Crippen LogP contribution in [0.4, 0.5) is 0 Å². The van der Waals surface area contributed by atoms with E-state index in [0.717, 1.165) is 5.56 Å². The summed E-state index contributed by atoms with van der Waals surface area (Å²) in [6.45, 7) is 5.47. The minimum absolute atomic E-state index is 0.264. The molecule has 2 aromatic rings. The summed E-state index contributed by atoms with van der Waals surface area (Å²) < 4.78 is 39.7. The molecule has 2 aliphatic heterocycles. The molecule has 32 heavy (non-hydrogen) atoms. The molecule has 1 atom stereocenters.